The van der Waals surface area contributed by atoms with Gasteiger partial charge in [-0.25, -0.2) is 5.01 Å². The van der Waals surface area contributed by atoms with Crippen LogP contribution in [0.15, 0.2) is 48.5 Å². The molecule has 0 aromatic heterocycles. The highest BCUT2D eigenvalue weighted by molar-refractivity contribution is 6.10. The number of hydrogen-bond donors (Lipinski definition) is 1. The molecular weight excluding hydrogens is 328 g/mol. The molecule has 2 aromatic rings. The molecule has 26 heavy (non-hydrogen) atoms. The standard InChI is InChI=1S/C21H24N2O3/c1-2-3-4-5-6-15-20(24)22-23-17-12-8-10-14-19(17)26-18-13-9-7-11-16(18)21(23)25/h7-14H,2-6,15H2,1H3,(H,22,24). The van der Waals surface area contributed by atoms with Crippen LogP contribution >= 0.6 is 0 Å². The predicted molar refractivity (Wildman–Crippen MR) is 101 cm³/mol. The van der Waals surface area contributed by atoms with E-state index in [1.165, 1.54) is 17.9 Å². The molecule has 1 aliphatic heterocycles. The van der Waals surface area contributed by atoms with E-state index >= 15 is 0 Å². The van der Waals surface area contributed by atoms with Crippen LogP contribution in [0.1, 0.15) is 55.8 Å². The molecule has 3 rings (SSSR count). The molecule has 0 spiro atoms. The minimum atomic E-state index is -0.301. The number of fused-ring (bicyclic) bond motifs is 2. The molecule has 0 bridgehead atoms. The number of rotatable bonds is 7. The molecular formula is C21H24N2O3. The van der Waals surface area contributed by atoms with Crippen molar-refractivity contribution in [3.8, 4) is 11.5 Å². The maximum atomic E-state index is 13.0. The lowest BCUT2D eigenvalue weighted by molar-refractivity contribution is -0.121. The van der Waals surface area contributed by atoms with Gasteiger partial charge in [-0.05, 0) is 30.7 Å². The van der Waals surface area contributed by atoms with Crippen molar-refractivity contribution in [2.45, 2.75) is 45.4 Å². The van der Waals surface area contributed by atoms with Crippen molar-refractivity contribution in [2.75, 3.05) is 5.01 Å². The van der Waals surface area contributed by atoms with Gasteiger partial charge >= 0.3 is 0 Å². The minimum Gasteiger partial charge on any atom is -0.454 e. The number of amides is 2. The number of hydrogen-bond acceptors (Lipinski definition) is 3. The molecule has 0 radical (unpaired) electrons. The lowest BCUT2D eigenvalue weighted by Crippen LogP contribution is -2.46. The zero-order chi connectivity index (χ0) is 18.4. The molecule has 0 fully saturated rings. The average Bonchev–Trinajstić information content (AvgIpc) is 2.77. The number of para-hydroxylation sites is 3. The highest BCUT2D eigenvalue weighted by Crippen LogP contribution is 2.37. The molecule has 1 aliphatic rings. The van der Waals surface area contributed by atoms with E-state index in [0.717, 1.165) is 19.3 Å². The van der Waals surface area contributed by atoms with Crippen LogP contribution in [-0.4, -0.2) is 11.8 Å². The van der Waals surface area contributed by atoms with E-state index in [0.29, 0.717) is 29.2 Å². The molecule has 0 aliphatic carbocycles. The third kappa shape index (κ3) is 4.04. The third-order valence-electron chi connectivity index (χ3n) is 4.39. The lowest BCUT2D eigenvalue weighted by atomic mass is 10.1. The second-order valence-corrected chi connectivity index (χ2v) is 6.41. The number of nitrogens with zero attached hydrogens (tertiary/aromatic N) is 1. The van der Waals surface area contributed by atoms with Gasteiger partial charge in [0.2, 0.25) is 5.91 Å². The van der Waals surface area contributed by atoms with Gasteiger partial charge < -0.3 is 4.74 Å². The maximum absolute atomic E-state index is 13.0. The maximum Gasteiger partial charge on any atom is 0.280 e. The van der Waals surface area contributed by atoms with Gasteiger partial charge in [-0.15, -0.1) is 0 Å². The third-order valence-corrected chi connectivity index (χ3v) is 4.39. The fourth-order valence-corrected chi connectivity index (χ4v) is 2.99. The average molecular weight is 352 g/mol. The molecule has 5 nitrogen and oxygen atoms in total. The number of carbonyl (C=O) groups is 2. The van der Waals surface area contributed by atoms with Crippen LogP contribution in [0, 0.1) is 0 Å². The summed E-state index contributed by atoms with van der Waals surface area (Å²) in [5.74, 6) is 0.559. The largest absolute Gasteiger partial charge is 0.454 e. The number of anilines is 1. The first-order valence-electron chi connectivity index (χ1n) is 9.20. The highest BCUT2D eigenvalue weighted by atomic mass is 16.5. The fraction of sp³-hybridized carbons (Fsp3) is 0.333. The summed E-state index contributed by atoms with van der Waals surface area (Å²) in [7, 11) is 0. The lowest BCUT2D eigenvalue weighted by Gasteiger charge is -2.22. The quantitative estimate of drug-likeness (QED) is 0.726. The van der Waals surface area contributed by atoms with Crippen LogP contribution in [0.5, 0.6) is 11.5 Å². The Morgan fingerprint density at radius 1 is 0.962 bits per heavy atom. The van der Waals surface area contributed by atoms with E-state index in [4.69, 9.17) is 4.74 Å². The monoisotopic (exact) mass is 352 g/mol. The zero-order valence-electron chi connectivity index (χ0n) is 15.0. The zero-order valence-corrected chi connectivity index (χ0v) is 15.0. The molecule has 2 amide bonds. The van der Waals surface area contributed by atoms with E-state index in [9.17, 15) is 9.59 Å². The van der Waals surface area contributed by atoms with Gasteiger partial charge in [0.25, 0.3) is 5.91 Å². The van der Waals surface area contributed by atoms with Crippen molar-refractivity contribution in [1.82, 2.24) is 5.43 Å². The van der Waals surface area contributed by atoms with E-state index in [1.807, 2.05) is 18.2 Å². The number of nitrogens with one attached hydrogen (secondary N) is 1. The van der Waals surface area contributed by atoms with Crippen molar-refractivity contribution in [3.05, 3.63) is 54.1 Å². The normalized spacial score (nSPS) is 12.7. The fourth-order valence-electron chi connectivity index (χ4n) is 2.99. The van der Waals surface area contributed by atoms with Gasteiger partial charge in [-0.2, -0.15) is 0 Å². The smallest absolute Gasteiger partial charge is 0.280 e. The Kier molecular flexibility index (Phi) is 5.89. The second kappa shape index (κ2) is 8.52. The van der Waals surface area contributed by atoms with Crippen LogP contribution in [-0.2, 0) is 4.79 Å². The topological polar surface area (TPSA) is 58.6 Å². The van der Waals surface area contributed by atoms with Crippen LogP contribution < -0.4 is 15.2 Å². The van der Waals surface area contributed by atoms with Crippen molar-refractivity contribution in [3.63, 3.8) is 0 Å². The first-order chi connectivity index (χ1) is 12.7. The molecule has 5 heteroatoms. The molecule has 1 heterocycles. The highest BCUT2D eigenvalue weighted by Gasteiger charge is 2.29. The van der Waals surface area contributed by atoms with Crippen LogP contribution in [0.4, 0.5) is 5.69 Å². The van der Waals surface area contributed by atoms with Gasteiger partial charge in [0.15, 0.2) is 5.75 Å². The molecule has 0 unspecified atom stereocenters. The first-order valence-corrected chi connectivity index (χ1v) is 9.20. The van der Waals surface area contributed by atoms with Gasteiger partial charge in [-0.3, -0.25) is 15.0 Å². The Hall–Kier alpha value is -2.82. The molecule has 2 aromatic carbocycles. The van der Waals surface area contributed by atoms with Crippen molar-refractivity contribution < 1.29 is 14.3 Å². The number of carbonyl (C=O) groups excluding carboxylic acids is 2. The SMILES string of the molecule is CCCCCCCC(=O)NN1C(=O)c2ccccc2Oc2ccccc21. The van der Waals surface area contributed by atoms with Gasteiger partial charge in [0.1, 0.15) is 11.4 Å². The molecule has 136 valence electrons. The van der Waals surface area contributed by atoms with E-state index < -0.39 is 0 Å². The number of benzene rings is 2. The molecule has 0 saturated heterocycles. The summed E-state index contributed by atoms with van der Waals surface area (Å²) in [5, 5.41) is 1.30. The summed E-state index contributed by atoms with van der Waals surface area (Å²) in [4.78, 5) is 25.4. The molecule has 0 saturated carbocycles. The molecule has 0 atom stereocenters. The Morgan fingerprint density at radius 2 is 1.65 bits per heavy atom. The Bertz CT molecular complexity index is 788. The van der Waals surface area contributed by atoms with Crippen molar-refractivity contribution in [2.24, 2.45) is 0 Å². The summed E-state index contributed by atoms with van der Waals surface area (Å²) in [6, 6.07) is 14.3. The number of ether oxygens (including phenoxy) is 1. The number of unbranched alkanes of at least 4 members (excludes halogenated alkanes) is 4. The van der Waals surface area contributed by atoms with Crippen molar-refractivity contribution >= 4 is 17.5 Å². The Labute approximate surface area is 153 Å². The van der Waals surface area contributed by atoms with Crippen LogP contribution in [0.2, 0.25) is 0 Å². The summed E-state index contributed by atoms with van der Waals surface area (Å²) < 4.78 is 5.90. The summed E-state index contributed by atoms with van der Waals surface area (Å²) in [6.45, 7) is 2.16. The Morgan fingerprint density at radius 3 is 2.46 bits per heavy atom. The summed E-state index contributed by atoms with van der Waals surface area (Å²) in [6.07, 6.45) is 5.74. The summed E-state index contributed by atoms with van der Waals surface area (Å²) >= 11 is 0. The second-order valence-electron chi connectivity index (χ2n) is 6.41. The van der Waals surface area contributed by atoms with Gasteiger partial charge in [-0.1, -0.05) is 56.9 Å². The van der Waals surface area contributed by atoms with Crippen LogP contribution in [0.3, 0.4) is 0 Å². The number of hydrazine groups is 1. The van der Waals surface area contributed by atoms with Crippen molar-refractivity contribution in [1.29, 1.82) is 0 Å². The van der Waals surface area contributed by atoms with E-state index in [-0.39, 0.29) is 11.8 Å². The van der Waals surface area contributed by atoms with Gasteiger partial charge in [0, 0.05) is 6.42 Å². The van der Waals surface area contributed by atoms with E-state index in [1.54, 1.807) is 30.3 Å². The van der Waals surface area contributed by atoms with E-state index in [2.05, 4.69) is 12.3 Å². The predicted octanol–water partition coefficient (Wildman–Crippen LogP) is 4.83. The van der Waals surface area contributed by atoms with Gasteiger partial charge in [0.05, 0.1) is 5.56 Å². The Balaban J connectivity index is 1.77. The summed E-state index contributed by atoms with van der Waals surface area (Å²) in [5.41, 5.74) is 3.72. The first kappa shape index (κ1) is 18.0. The molecule has 1 N–H and O–H groups in total. The minimum absolute atomic E-state index is 0.163. The van der Waals surface area contributed by atoms with Crippen LogP contribution in [0.25, 0.3) is 0 Å².